The molecule has 1 atom stereocenters. The summed E-state index contributed by atoms with van der Waals surface area (Å²) in [6.07, 6.45) is 3.04. The van der Waals surface area contributed by atoms with Crippen LogP contribution in [0.25, 0.3) is 0 Å². The molecule has 0 radical (unpaired) electrons. The molecule has 0 aliphatic rings. The molecule has 2 rings (SSSR count). The normalized spacial score (nSPS) is 11.8. The van der Waals surface area contributed by atoms with Crippen molar-refractivity contribution in [3.05, 3.63) is 53.6 Å². The SMILES string of the molecule is COc1ccccc1C(C)NC(=O)c1cnc(C)cn1. The molecular weight excluding hydrogens is 254 g/mol. The highest BCUT2D eigenvalue weighted by Gasteiger charge is 2.15. The molecule has 1 unspecified atom stereocenters. The maximum Gasteiger partial charge on any atom is 0.271 e. The summed E-state index contributed by atoms with van der Waals surface area (Å²) in [5.74, 6) is 0.492. The predicted molar refractivity (Wildman–Crippen MR) is 75.6 cm³/mol. The van der Waals surface area contributed by atoms with E-state index in [9.17, 15) is 4.79 Å². The van der Waals surface area contributed by atoms with Gasteiger partial charge in [0.05, 0.1) is 25.0 Å². The summed E-state index contributed by atoms with van der Waals surface area (Å²) in [4.78, 5) is 20.2. The highest BCUT2D eigenvalue weighted by molar-refractivity contribution is 5.92. The van der Waals surface area contributed by atoms with Gasteiger partial charge in [-0.3, -0.25) is 9.78 Å². The fourth-order valence-electron chi connectivity index (χ4n) is 1.88. The van der Waals surface area contributed by atoms with Gasteiger partial charge in [-0.05, 0) is 19.9 Å². The maximum absolute atomic E-state index is 12.1. The van der Waals surface area contributed by atoms with Gasteiger partial charge in [0.2, 0.25) is 0 Å². The summed E-state index contributed by atoms with van der Waals surface area (Å²) >= 11 is 0. The summed E-state index contributed by atoms with van der Waals surface area (Å²) in [6.45, 7) is 3.73. The second kappa shape index (κ2) is 6.14. The summed E-state index contributed by atoms with van der Waals surface area (Å²) in [5.41, 5.74) is 2.00. The molecule has 0 bridgehead atoms. The third kappa shape index (κ3) is 3.12. The number of para-hydroxylation sites is 1. The van der Waals surface area contributed by atoms with Gasteiger partial charge in [-0.15, -0.1) is 0 Å². The topological polar surface area (TPSA) is 64.1 Å². The van der Waals surface area contributed by atoms with E-state index in [1.54, 1.807) is 13.3 Å². The maximum atomic E-state index is 12.1. The van der Waals surface area contributed by atoms with Crippen LogP contribution in [0.4, 0.5) is 0 Å². The lowest BCUT2D eigenvalue weighted by Gasteiger charge is -2.16. The van der Waals surface area contributed by atoms with Gasteiger partial charge >= 0.3 is 0 Å². The first-order valence-electron chi connectivity index (χ1n) is 6.34. The van der Waals surface area contributed by atoms with Crippen LogP contribution in [0.5, 0.6) is 5.75 Å². The zero-order chi connectivity index (χ0) is 14.5. The van der Waals surface area contributed by atoms with Crippen LogP contribution < -0.4 is 10.1 Å². The van der Waals surface area contributed by atoms with Gasteiger partial charge in [0.1, 0.15) is 11.4 Å². The number of aromatic nitrogens is 2. The predicted octanol–water partition coefficient (Wildman–Crippen LogP) is 2.28. The Labute approximate surface area is 118 Å². The summed E-state index contributed by atoms with van der Waals surface area (Å²) < 4.78 is 5.29. The Morgan fingerprint density at radius 3 is 2.65 bits per heavy atom. The molecule has 2 aromatic rings. The van der Waals surface area contributed by atoms with Crippen molar-refractivity contribution < 1.29 is 9.53 Å². The molecule has 0 saturated carbocycles. The highest BCUT2D eigenvalue weighted by Crippen LogP contribution is 2.24. The first-order valence-corrected chi connectivity index (χ1v) is 6.34. The standard InChI is InChI=1S/C15H17N3O2/c1-10-8-17-13(9-16-10)15(19)18-11(2)12-6-4-5-7-14(12)20-3/h4-9,11H,1-3H3,(H,18,19). The van der Waals surface area contributed by atoms with E-state index in [-0.39, 0.29) is 11.9 Å². The van der Waals surface area contributed by atoms with E-state index >= 15 is 0 Å². The largest absolute Gasteiger partial charge is 0.496 e. The Bertz CT molecular complexity index is 596. The number of hydrogen-bond acceptors (Lipinski definition) is 4. The lowest BCUT2D eigenvalue weighted by Crippen LogP contribution is -2.27. The van der Waals surface area contributed by atoms with Crippen LogP contribution in [-0.2, 0) is 0 Å². The van der Waals surface area contributed by atoms with E-state index in [2.05, 4.69) is 15.3 Å². The van der Waals surface area contributed by atoms with Crippen LogP contribution in [0.1, 0.15) is 34.7 Å². The Hall–Kier alpha value is -2.43. The Morgan fingerprint density at radius 1 is 1.25 bits per heavy atom. The lowest BCUT2D eigenvalue weighted by molar-refractivity contribution is 0.0934. The van der Waals surface area contributed by atoms with Crippen molar-refractivity contribution in [2.75, 3.05) is 7.11 Å². The molecule has 0 aliphatic heterocycles. The van der Waals surface area contributed by atoms with Crippen LogP contribution in [0.3, 0.4) is 0 Å². The number of ether oxygens (including phenoxy) is 1. The zero-order valence-corrected chi connectivity index (χ0v) is 11.8. The number of benzene rings is 1. The number of nitrogens with one attached hydrogen (secondary N) is 1. The molecule has 0 saturated heterocycles. The van der Waals surface area contributed by atoms with Crippen molar-refractivity contribution in [3.63, 3.8) is 0 Å². The summed E-state index contributed by atoms with van der Waals surface area (Å²) in [5, 5.41) is 2.89. The van der Waals surface area contributed by atoms with Crippen molar-refractivity contribution in [1.82, 2.24) is 15.3 Å². The molecule has 20 heavy (non-hydrogen) atoms. The van der Waals surface area contributed by atoms with E-state index in [0.29, 0.717) is 5.69 Å². The van der Waals surface area contributed by atoms with Crippen molar-refractivity contribution in [1.29, 1.82) is 0 Å². The van der Waals surface area contributed by atoms with Crippen LogP contribution in [-0.4, -0.2) is 23.0 Å². The molecule has 1 N–H and O–H groups in total. The quantitative estimate of drug-likeness (QED) is 0.926. The molecule has 5 heteroatoms. The third-order valence-corrected chi connectivity index (χ3v) is 2.97. The molecule has 5 nitrogen and oxygen atoms in total. The number of rotatable bonds is 4. The van der Waals surface area contributed by atoms with Gasteiger partial charge < -0.3 is 10.1 Å². The number of carbonyl (C=O) groups excluding carboxylic acids is 1. The minimum Gasteiger partial charge on any atom is -0.496 e. The number of methoxy groups -OCH3 is 1. The lowest BCUT2D eigenvalue weighted by atomic mass is 10.1. The van der Waals surface area contributed by atoms with E-state index in [4.69, 9.17) is 4.74 Å². The molecule has 104 valence electrons. The van der Waals surface area contributed by atoms with E-state index < -0.39 is 0 Å². The molecule has 1 aromatic carbocycles. The number of nitrogens with zero attached hydrogens (tertiary/aromatic N) is 2. The molecule has 1 aromatic heterocycles. The average molecular weight is 271 g/mol. The van der Waals surface area contributed by atoms with Gasteiger partial charge in [0, 0.05) is 11.8 Å². The number of hydrogen-bond donors (Lipinski definition) is 1. The fraction of sp³-hybridized carbons (Fsp3) is 0.267. The summed E-state index contributed by atoms with van der Waals surface area (Å²) in [7, 11) is 1.61. The zero-order valence-electron chi connectivity index (χ0n) is 11.8. The summed E-state index contributed by atoms with van der Waals surface area (Å²) in [6, 6.07) is 7.41. The minimum atomic E-state index is -0.254. The van der Waals surface area contributed by atoms with Gasteiger partial charge in [-0.25, -0.2) is 4.98 Å². The van der Waals surface area contributed by atoms with E-state index in [1.807, 2.05) is 38.1 Å². The van der Waals surface area contributed by atoms with Crippen LogP contribution >= 0.6 is 0 Å². The Balaban J connectivity index is 2.13. The molecule has 0 aliphatic carbocycles. The smallest absolute Gasteiger partial charge is 0.271 e. The molecule has 1 amide bonds. The second-order valence-corrected chi connectivity index (χ2v) is 4.48. The van der Waals surface area contributed by atoms with Gasteiger partial charge in [-0.1, -0.05) is 18.2 Å². The van der Waals surface area contributed by atoms with Gasteiger partial charge in [0.25, 0.3) is 5.91 Å². The molecule has 0 spiro atoms. The molecule has 1 heterocycles. The third-order valence-electron chi connectivity index (χ3n) is 2.97. The molecule has 0 fully saturated rings. The van der Waals surface area contributed by atoms with E-state index in [0.717, 1.165) is 17.0 Å². The van der Waals surface area contributed by atoms with Crippen LogP contribution in [0, 0.1) is 6.92 Å². The van der Waals surface area contributed by atoms with Crippen LogP contribution in [0.2, 0.25) is 0 Å². The Morgan fingerprint density at radius 2 is 2.00 bits per heavy atom. The van der Waals surface area contributed by atoms with Crippen molar-refractivity contribution in [2.45, 2.75) is 19.9 Å². The first-order chi connectivity index (χ1) is 9.61. The monoisotopic (exact) mass is 271 g/mol. The van der Waals surface area contributed by atoms with Crippen molar-refractivity contribution >= 4 is 5.91 Å². The van der Waals surface area contributed by atoms with Crippen molar-refractivity contribution in [2.24, 2.45) is 0 Å². The minimum absolute atomic E-state index is 0.179. The average Bonchev–Trinajstić information content (AvgIpc) is 2.47. The number of amides is 1. The van der Waals surface area contributed by atoms with Gasteiger partial charge in [-0.2, -0.15) is 0 Å². The Kier molecular flexibility index (Phi) is 4.30. The number of aryl methyl sites for hydroxylation is 1. The fourth-order valence-corrected chi connectivity index (χ4v) is 1.88. The first kappa shape index (κ1) is 14.0. The van der Waals surface area contributed by atoms with Crippen molar-refractivity contribution in [3.8, 4) is 5.75 Å². The van der Waals surface area contributed by atoms with E-state index in [1.165, 1.54) is 6.20 Å². The van der Waals surface area contributed by atoms with Crippen LogP contribution in [0.15, 0.2) is 36.7 Å². The second-order valence-electron chi connectivity index (χ2n) is 4.48. The molecular formula is C15H17N3O2. The highest BCUT2D eigenvalue weighted by atomic mass is 16.5. The number of carbonyl (C=O) groups is 1. The van der Waals surface area contributed by atoms with Gasteiger partial charge in [0.15, 0.2) is 0 Å².